The van der Waals surface area contributed by atoms with Crippen LogP contribution >= 0.6 is 0 Å². The Labute approximate surface area is 169 Å². The van der Waals surface area contributed by atoms with Gasteiger partial charge in [0.15, 0.2) is 11.2 Å². The van der Waals surface area contributed by atoms with Gasteiger partial charge in [-0.15, -0.1) is 0 Å². The van der Waals surface area contributed by atoms with Crippen molar-refractivity contribution in [3.63, 3.8) is 0 Å². The number of carbonyl (C=O) groups excluding carboxylic acids is 1. The lowest BCUT2D eigenvalue weighted by molar-refractivity contribution is -0.0704. The van der Waals surface area contributed by atoms with Crippen molar-refractivity contribution in [2.24, 2.45) is 0 Å². The first kappa shape index (κ1) is 19.4. The van der Waals surface area contributed by atoms with Crippen molar-refractivity contribution in [1.82, 2.24) is 4.90 Å². The summed E-state index contributed by atoms with van der Waals surface area (Å²) in [4.78, 5) is 27.4. The minimum atomic E-state index is -0.441. The molecule has 2 heterocycles. The van der Waals surface area contributed by atoms with E-state index in [2.05, 4.69) is 24.1 Å². The van der Waals surface area contributed by atoms with Crippen LogP contribution < -0.4 is 10.7 Å². The number of ether oxygens (including phenoxy) is 1. The van der Waals surface area contributed by atoms with Crippen LogP contribution in [-0.4, -0.2) is 36.1 Å². The highest BCUT2D eigenvalue weighted by Crippen LogP contribution is 2.21. The van der Waals surface area contributed by atoms with Crippen molar-refractivity contribution in [3.05, 3.63) is 76.1 Å². The summed E-state index contributed by atoms with van der Waals surface area (Å²) < 4.78 is 11.5. The SMILES string of the molecule is CC1CN(Cc2ccccc2NC(=O)c2cc(=O)c3ccccc3o2)CC(C)O1. The van der Waals surface area contributed by atoms with Gasteiger partial charge in [-0.3, -0.25) is 14.5 Å². The third-order valence-electron chi connectivity index (χ3n) is 5.01. The van der Waals surface area contributed by atoms with Gasteiger partial charge in [-0.25, -0.2) is 0 Å². The van der Waals surface area contributed by atoms with Gasteiger partial charge in [0.05, 0.1) is 17.6 Å². The molecule has 4 rings (SSSR count). The normalized spacial score (nSPS) is 19.9. The predicted octanol–water partition coefficient (Wildman–Crippen LogP) is 3.65. The van der Waals surface area contributed by atoms with E-state index in [9.17, 15) is 9.59 Å². The summed E-state index contributed by atoms with van der Waals surface area (Å²) in [6.45, 7) is 6.52. The summed E-state index contributed by atoms with van der Waals surface area (Å²) >= 11 is 0. The fourth-order valence-corrected chi connectivity index (χ4v) is 3.83. The van der Waals surface area contributed by atoms with E-state index >= 15 is 0 Å². The van der Waals surface area contributed by atoms with Crippen LogP contribution in [0.2, 0.25) is 0 Å². The smallest absolute Gasteiger partial charge is 0.291 e. The molecule has 6 nitrogen and oxygen atoms in total. The summed E-state index contributed by atoms with van der Waals surface area (Å²) in [5.74, 6) is -0.443. The number of nitrogens with zero attached hydrogens (tertiary/aromatic N) is 1. The lowest BCUT2D eigenvalue weighted by Gasteiger charge is -2.35. The van der Waals surface area contributed by atoms with Crippen molar-refractivity contribution < 1.29 is 13.9 Å². The van der Waals surface area contributed by atoms with Gasteiger partial charge in [0.25, 0.3) is 5.91 Å². The second-order valence-electron chi connectivity index (χ2n) is 7.53. The Kier molecular flexibility index (Phi) is 5.47. The van der Waals surface area contributed by atoms with Gasteiger partial charge >= 0.3 is 0 Å². The molecule has 2 unspecified atom stereocenters. The first-order chi connectivity index (χ1) is 14.0. The molecule has 1 saturated heterocycles. The molecule has 1 aliphatic heterocycles. The van der Waals surface area contributed by atoms with Gasteiger partial charge in [0.2, 0.25) is 0 Å². The maximum absolute atomic E-state index is 12.8. The highest BCUT2D eigenvalue weighted by molar-refractivity contribution is 6.03. The number of hydrogen-bond donors (Lipinski definition) is 1. The van der Waals surface area contributed by atoms with Gasteiger partial charge in [0, 0.05) is 31.4 Å². The number of rotatable bonds is 4. The van der Waals surface area contributed by atoms with Crippen molar-refractivity contribution in [1.29, 1.82) is 0 Å². The molecule has 0 bridgehead atoms. The molecule has 2 atom stereocenters. The molecule has 150 valence electrons. The Balaban J connectivity index is 1.55. The Hall–Kier alpha value is -2.96. The Morgan fingerprint density at radius 1 is 1.07 bits per heavy atom. The molecule has 2 aromatic carbocycles. The molecule has 1 aliphatic rings. The maximum Gasteiger partial charge on any atom is 0.291 e. The lowest BCUT2D eigenvalue weighted by atomic mass is 10.1. The Morgan fingerprint density at radius 3 is 2.55 bits per heavy atom. The van der Waals surface area contributed by atoms with E-state index in [4.69, 9.17) is 9.15 Å². The maximum atomic E-state index is 12.8. The van der Waals surface area contributed by atoms with E-state index in [-0.39, 0.29) is 23.4 Å². The largest absolute Gasteiger partial charge is 0.451 e. The van der Waals surface area contributed by atoms with Crippen LogP contribution in [0.15, 0.2) is 63.8 Å². The van der Waals surface area contributed by atoms with E-state index in [0.717, 1.165) is 18.7 Å². The van der Waals surface area contributed by atoms with E-state index in [1.54, 1.807) is 24.3 Å². The van der Waals surface area contributed by atoms with Crippen molar-refractivity contribution in [3.8, 4) is 0 Å². The number of hydrogen-bond acceptors (Lipinski definition) is 5. The topological polar surface area (TPSA) is 71.8 Å². The Morgan fingerprint density at radius 2 is 1.76 bits per heavy atom. The molecule has 0 radical (unpaired) electrons. The van der Waals surface area contributed by atoms with Gasteiger partial charge in [-0.1, -0.05) is 30.3 Å². The second kappa shape index (κ2) is 8.19. The molecule has 1 aromatic heterocycles. The fraction of sp³-hybridized carbons (Fsp3) is 0.304. The zero-order valence-electron chi connectivity index (χ0n) is 16.6. The van der Waals surface area contributed by atoms with Crippen LogP contribution in [0, 0.1) is 0 Å². The standard InChI is InChI=1S/C23H24N2O4/c1-15-12-25(13-16(2)28-15)14-17-7-3-5-9-19(17)24-23(27)22-11-20(26)18-8-4-6-10-21(18)29-22/h3-11,15-16H,12-14H2,1-2H3,(H,24,27). The molecule has 0 spiro atoms. The van der Waals surface area contributed by atoms with E-state index in [1.807, 2.05) is 24.3 Å². The lowest BCUT2D eigenvalue weighted by Crippen LogP contribution is -2.44. The molecule has 0 aliphatic carbocycles. The van der Waals surface area contributed by atoms with Gasteiger partial charge in [-0.05, 0) is 37.6 Å². The van der Waals surface area contributed by atoms with Crippen LogP contribution in [0.4, 0.5) is 5.69 Å². The van der Waals surface area contributed by atoms with Gasteiger partial charge < -0.3 is 14.5 Å². The molecule has 3 aromatic rings. The summed E-state index contributed by atoms with van der Waals surface area (Å²) in [6.07, 6.45) is 0.347. The third kappa shape index (κ3) is 4.39. The summed E-state index contributed by atoms with van der Waals surface area (Å²) in [7, 11) is 0. The van der Waals surface area contributed by atoms with E-state index in [1.165, 1.54) is 6.07 Å². The zero-order valence-corrected chi connectivity index (χ0v) is 16.6. The van der Waals surface area contributed by atoms with E-state index in [0.29, 0.717) is 23.2 Å². The molecule has 29 heavy (non-hydrogen) atoms. The highest BCUT2D eigenvalue weighted by atomic mass is 16.5. The van der Waals surface area contributed by atoms with Crippen LogP contribution in [0.3, 0.4) is 0 Å². The number of benzene rings is 2. The third-order valence-corrected chi connectivity index (χ3v) is 5.01. The highest BCUT2D eigenvalue weighted by Gasteiger charge is 2.23. The summed E-state index contributed by atoms with van der Waals surface area (Å²) in [5.41, 5.74) is 1.88. The first-order valence-corrected chi connectivity index (χ1v) is 9.79. The number of carbonyl (C=O) groups is 1. The number of anilines is 1. The van der Waals surface area contributed by atoms with Crippen molar-refractivity contribution in [2.45, 2.75) is 32.6 Å². The molecule has 0 saturated carbocycles. The molecule has 1 amide bonds. The van der Waals surface area contributed by atoms with Crippen molar-refractivity contribution in [2.75, 3.05) is 18.4 Å². The monoisotopic (exact) mass is 392 g/mol. The number of fused-ring (bicyclic) bond motifs is 1. The van der Waals surface area contributed by atoms with Gasteiger partial charge in [-0.2, -0.15) is 0 Å². The number of nitrogens with one attached hydrogen (secondary N) is 1. The minimum absolute atomic E-state index is 0.00267. The number of para-hydroxylation sites is 2. The summed E-state index contributed by atoms with van der Waals surface area (Å²) in [5, 5.41) is 3.36. The van der Waals surface area contributed by atoms with Crippen LogP contribution in [-0.2, 0) is 11.3 Å². The average molecular weight is 392 g/mol. The van der Waals surface area contributed by atoms with Gasteiger partial charge in [0.1, 0.15) is 5.58 Å². The predicted molar refractivity (Wildman–Crippen MR) is 112 cm³/mol. The van der Waals surface area contributed by atoms with Crippen LogP contribution in [0.1, 0.15) is 30.0 Å². The van der Waals surface area contributed by atoms with E-state index < -0.39 is 5.91 Å². The second-order valence-corrected chi connectivity index (χ2v) is 7.53. The molecule has 1 N–H and O–H groups in total. The first-order valence-electron chi connectivity index (χ1n) is 9.79. The molecule has 1 fully saturated rings. The number of morpholine rings is 1. The van der Waals surface area contributed by atoms with Crippen molar-refractivity contribution >= 4 is 22.6 Å². The fourth-order valence-electron chi connectivity index (χ4n) is 3.83. The average Bonchev–Trinajstić information content (AvgIpc) is 2.68. The molecular formula is C23H24N2O4. The summed E-state index contributed by atoms with van der Waals surface area (Å²) in [6, 6.07) is 15.8. The molecule has 6 heteroatoms. The van der Waals surface area contributed by atoms with Crippen LogP contribution in [0.5, 0.6) is 0 Å². The minimum Gasteiger partial charge on any atom is -0.451 e. The zero-order chi connectivity index (χ0) is 20.4. The number of amides is 1. The van der Waals surface area contributed by atoms with Crippen LogP contribution in [0.25, 0.3) is 11.0 Å². The Bertz CT molecular complexity index is 1080. The molecular weight excluding hydrogens is 368 g/mol. The quantitative estimate of drug-likeness (QED) is 0.734.